The first kappa shape index (κ1) is 54.0. The molecule has 5 aromatic rings. The van der Waals surface area contributed by atoms with Gasteiger partial charge in [0.25, 0.3) is 0 Å². The van der Waals surface area contributed by atoms with Crippen molar-refractivity contribution >= 4 is 52.8 Å². The number of carboxylic acids is 1. The van der Waals surface area contributed by atoms with E-state index in [0.717, 1.165) is 53.4 Å². The van der Waals surface area contributed by atoms with Crippen LogP contribution < -0.4 is 10.1 Å². The summed E-state index contributed by atoms with van der Waals surface area (Å²) in [6.45, 7) is 6.79. The largest absolute Gasteiger partial charge is 0.481 e. The third-order valence-corrected chi connectivity index (χ3v) is 15.6. The number of amides is 4. The Morgan fingerprint density at radius 2 is 1.57 bits per heavy atom. The summed E-state index contributed by atoms with van der Waals surface area (Å²) in [6.07, 6.45) is 4.04. The van der Waals surface area contributed by atoms with Gasteiger partial charge in [0.1, 0.15) is 29.4 Å². The zero-order valence-electron chi connectivity index (χ0n) is 43.1. The van der Waals surface area contributed by atoms with Crippen molar-refractivity contribution < 1.29 is 38.6 Å². The number of hydrogen-bond donors (Lipinski definition) is 2. The number of methoxy groups -OCH3 is 1. The molecule has 2 fully saturated rings. The van der Waals surface area contributed by atoms with Gasteiger partial charge in [-0.2, -0.15) is 0 Å². The predicted octanol–water partition coefficient (Wildman–Crippen LogP) is 8.49. The van der Waals surface area contributed by atoms with Crippen LogP contribution in [-0.4, -0.2) is 129 Å². The number of halogens is 2. The summed E-state index contributed by atoms with van der Waals surface area (Å²) in [5, 5.41) is 13.9. The standard InChI is InChI=1S/C57H67Cl2N7O8/c1-57(2)30-45(43-11-7-8-12-46(43)57)44-29-52(67)66(32-38-15-20-40(59)28-50(38)74-42-21-16-37(17-22-42)49-31-60-51(64(49)5)34-65-25-9-10-26-65)48(23-24-53(68)69)54(70)61-47(35-73-6)56(72)63(4)41(33-62(3)55(44)71)27-36-13-18-39(58)19-14-36/h7-8,11-22,28,31,41,44-45,47-48H,9-10,23-27,29-30,32-35H2,1-6H3,(H,61,70)(H,68,69)/t41-,44+,45+,47+,48+/m1/s1. The van der Waals surface area contributed by atoms with Crippen LogP contribution in [0.15, 0.2) is 97.2 Å². The van der Waals surface area contributed by atoms with Gasteiger partial charge in [0, 0.05) is 68.8 Å². The van der Waals surface area contributed by atoms with Crippen LogP contribution in [0.1, 0.15) is 86.4 Å². The number of ether oxygens (including phenoxy) is 2. The van der Waals surface area contributed by atoms with Gasteiger partial charge in [-0.1, -0.05) is 79.5 Å². The molecular formula is C57H67Cl2N7O8. The molecule has 0 radical (unpaired) electrons. The van der Waals surface area contributed by atoms with Crippen molar-refractivity contribution in [1.29, 1.82) is 0 Å². The van der Waals surface area contributed by atoms with Gasteiger partial charge in [-0.3, -0.25) is 28.9 Å². The Kier molecular flexibility index (Phi) is 17.2. The molecule has 4 aromatic carbocycles. The number of nitrogens with one attached hydrogen (secondary N) is 1. The van der Waals surface area contributed by atoms with Gasteiger partial charge in [-0.15, -0.1) is 0 Å². The van der Waals surface area contributed by atoms with Crippen molar-refractivity contribution in [3.63, 3.8) is 0 Å². The molecule has 2 aliphatic heterocycles. The molecule has 2 N–H and O–H groups in total. The number of aromatic nitrogens is 2. The Hall–Kier alpha value is -6.26. The van der Waals surface area contributed by atoms with E-state index < -0.39 is 60.1 Å². The molecule has 15 nitrogen and oxygen atoms in total. The minimum absolute atomic E-state index is 0.0963. The zero-order chi connectivity index (χ0) is 52.8. The summed E-state index contributed by atoms with van der Waals surface area (Å²) in [6, 6.07) is 24.5. The Labute approximate surface area is 443 Å². The van der Waals surface area contributed by atoms with E-state index in [0.29, 0.717) is 39.9 Å². The molecule has 17 heteroatoms. The molecule has 1 aliphatic carbocycles. The van der Waals surface area contributed by atoms with E-state index in [1.165, 1.54) is 29.8 Å². The van der Waals surface area contributed by atoms with Gasteiger partial charge < -0.3 is 39.2 Å². The second-order valence-electron chi connectivity index (χ2n) is 20.7. The normalized spacial score (nSPS) is 21.9. The molecule has 0 unspecified atom stereocenters. The quantitative estimate of drug-likeness (QED) is 0.104. The van der Waals surface area contributed by atoms with E-state index in [1.807, 2.05) is 67.8 Å². The number of nitrogens with zero attached hydrogens (tertiary/aromatic N) is 6. The average molecular weight is 1050 g/mol. The molecule has 2 saturated heterocycles. The van der Waals surface area contributed by atoms with Gasteiger partial charge >= 0.3 is 5.97 Å². The minimum atomic E-state index is -1.43. The average Bonchev–Trinajstić information content (AvgIpc) is 4.10. The first-order valence-electron chi connectivity index (χ1n) is 25.4. The second-order valence-corrected chi connectivity index (χ2v) is 21.6. The van der Waals surface area contributed by atoms with E-state index in [-0.39, 0.29) is 43.9 Å². The first-order chi connectivity index (χ1) is 35.4. The van der Waals surface area contributed by atoms with Crippen molar-refractivity contribution in [1.82, 2.24) is 34.5 Å². The van der Waals surface area contributed by atoms with Crippen molar-refractivity contribution in [2.45, 2.75) is 101 Å². The summed E-state index contributed by atoms with van der Waals surface area (Å²) >= 11 is 12.9. The number of rotatable bonds is 15. The zero-order valence-corrected chi connectivity index (χ0v) is 44.6. The number of likely N-dealkylation sites (tertiary alicyclic amines) is 1. The van der Waals surface area contributed by atoms with Crippen LogP contribution in [0.3, 0.4) is 0 Å². The number of carboxylic acid groups (broad SMARTS) is 1. The number of likely N-dealkylation sites (N-methyl/N-ethyl adjacent to an activating group) is 2. The maximum absolute atomic E-state index is 15.6. The molecular weight excluding hydrogens is 982 g/mol. The van der Waals surface area contributed by atoms with Crippen molar-refractivity contribution in [3.8, 4) is 22.8 Å². The second kappa shape index (κ2) is 23.5. The number of imidazole rings is 1. The lowest BCUT2D eigenvalue weighted by Crippen LogP contribution is -2.59. The number of carbonyl (C=O) groups is 5. The van der Waals surface area contributed by atoms with E-state index in [1.54, 1.807) is 49.3 Å². The van der Waals surface area contributed by atoms with Crippen LogP contribution >= 0.6 is 23.2 Å². The van der Waals surface area contributed by atoms with Gasteiger partial charge in [0.2, 0.25) is 23.6 Å². The van der Waals surface area contributed by atoms with Gasteiger partial charge in [0.05, 0.1) is 43.5 Å². The number of hydrogen-bond acceptors (Lipinski definition) is 9. The maximum Gasteiger partial charge on any atom is 0.303 e. The molecule has 1 aromatic heterocycles. The van der Waals surface area contributed by atoms with Crippen LogP contribution in [0.2, 0.25) is 10.0 Å². The van der Waals surface area contributed by atoms with E-state index in [2.05, 4.69) is 34.7 Å². The van der Waals surface area contributed by atoms with Crippen molar-refractivity contribution in [2.24, 2.45) is 13.0 Å². The third-order valence-electron chi connectivity index (χ3n) is 15.1. The molecule has 392 valence electrons. The lowest BCUT2D eigenvalue weighted by molar-refractivity contribution is -0.149. The highest BCUT2D eigenvalue weighted by molar-refractivity contribution is 6.31. The van der Waals surface area contributed by atoms with Crippen LogP contribution in [0.5, 0.6) is 11.5 Å². The summed E-state index contributed by atoms with van der Waals surface area (Å²) in [4.78, 5) is 84.7. The fourth-order valence-electron chi connectivity index (χ4n) is 11.0. The van der Waals surface area contributed by atoms with Gasteiger partial charge in [0.15, 0.2) is 0 Å². The maximum atomic E-state index is 15.6. The summed E-state index contributed by atoms with van der Waals surface area (Å²) < 4.78 is 14.2. The fraction of sp³-hybridized carbons (Fsp3) is 0.439. The van der Waals surface area contributed by atoms with Crippen molar-refractivity contribution in [2.75, 3.05) is 47.4 Å². The number of fused-ring (bicyclic) bond motifs is 1. The highest BCUT2D eigenvalue weighted by Gasteiger charge is 2.46. The third kappa shape index (κ3) is 12.5. The summed E-state index contributed by atoms with van der Waals surface area (Å²) in [7, 11) is 6.75. The molecule has 0 spiro atoms. The SMILES string of the molecule is COC[C@@H]1NC(=O)[C@H](CCC(=O)O)N(Cc2ccc(Cl)cc2Oc2ccc(-c3cnc(CN4CCCC4)n3C)cc2)C(=O)C[C@@H]([C@H]2CC(C)(C)c3ccccc32)C(=O)N(C)C[C@@H](Cc2ccc(Cl)cc2)N(C)C1=O. The van der Waals surface area contributed by atoms with Crippen LogP contribution in [0, 0.1) is 5.92 Å². The van der Waals surface area contributed by atoms with Crippen LogP contribution in [-0.2, 0) is 60.7 Å². The number of benzene rings is 4. The molecule has 3 heterocycles. The molecule has 0 saturated carbocycles. The molecule has 5 atom stereocenters. The molecule has 0 bridgehead atoms. The summed E-state index contributed by atoms with van der Waals surface area (Å²) in [5.74, 6) is -2.88. The van der Waals surface area contributed by atoms with E-state index >= 15 is 14.4 Å². The van der Waals surface area contributed by atoms with Crippen LogP contribution in [0.4, 0.5) is 0 Å². The Morgan fingerprint density at radius 3 is 2.27 bits per heavy atom. The first-order valence-corrected chi connectivity index (χ1v) is 26.1. The van der Waals surface area contributed by atoms with Crippen molar-refractivity contribution in [3.05, 3.63) is 135 Å². The van der Waals surface area contributed by atoms with E-state index in [9.17, 15) is 14.7 Å². The fourth-order valence-corrected chi connectivity index (χ4v) is 11.3. The predicted molar refractivity (Wildman–Crippen MR) is 284 cm³/mol. The van der Waals surface area contributed by atoms with Gasteiger partial charge in [-0.25, -0.2) is 4.98 Å². The lowest BCUT2D eigenvalue weighted by Gasteiger charge is -2.38. The van der Waals surface area contributed by atoms with Gasteiger partial charge in [-0.05, 0) is 122 Å². The number of aliphatic carboxylic acids is 1. The molecule has 74 heavy (non-hydrogen) atoms. The van der Waals surface area contributed by atoms with Crippen LogP contribution in [0.25, 0.3) is 11.3 Å². The highest BCUT2D eigenvalue weighted by atomic mass is 35.5. The highest BCUT2D eigenvalue weighted by Crippen LogP contribution is 2.50. The smallest absolute Gasteiger partial charge is 0.303 e. The molecule has 3 aliphatic rings. The molecule has 4 amide bonds. The summed E-state index contributed by atoms with van der Waals surface area (Å²) in [5.41, 5.74) is 4.91. The topological polar surface area (TPSA) is 167 Å². The Balaban J connectivity index is 1.17. The monoisotopic (exact) mass is 1050 g/mol. The number of carbonyl (C=O) groups excluding carboxylic acids is 4. The Morgan fingerprint density at radius 1 is 0.865 bits per heavy atom. The molecule has 8 rings (SSSR count). The minimum Gasteiger partial charge on any atom is -0.481 e. The lowest BCUT2D eigenvalue weighted by atomic mass is 9.80. The Bertz CT molecular complexity index is 2830. The van der Waals surface area contributed by atoms with E-state index in [4.69, 9.17) is 37.7 Å².